The first-order valence-corrected chi connectivity index (χ1v) is 7.02. The van der Waals surface area contributed by atoms with E-state index in [9.17, 15) is 0 Å². The number of rotatable bonds is 3. The van der Waals surface area contributed by atoms with E-state index >= 15 is 0 Å². The molecule has 78 valence electrons. The fourth-order valence-electron chi connectivity index (χ4n) is 1.96. The van der Waals surface area contributed by atoms with Gasteiger partial charge in [-0.25, -0.2) is 0 Å². The van der Waals surface area contributed by atoms with E-state index in [2.05, 4.69) is 41.6 Å². The Balaban J connectivity index is 1.79. The molecule has 0 radical (unpaired) electrons. The van der Waals surface area contributed by atoms with Crippen LogP contribution in [0.1, 0.15) is 25.7 Å². The summed E-state index contributed by atoms with van der Waals surface area (Å²) in [5, 5.41) is 6.40. The molecule has 1 heterocycles. The molecule has 14 heavy (non-hydrogen) atoms. The second-order valence-corrected chi connectivity index (χ2v) is 6.36. The molecule has 0 saturated heterocycles. The number of hydrogen-bond donors (Lipinski definition) is 1. The monoisotopic (exact) mass is 227 g/mol. The van der Waals surface area contributed by atoms with E-state index in [4.69, 9.17) is 0 Å². The van der Waals surface area contributed by atoms with Gasteiger partial charge in [-0.2, -0.15) is 0 Å². The Kier molecular flexibility index (Phi) is 3.90. The van der Waals surface area contributed by atoms with Crippen LogP contribution in [0.15, 0.2) is 21.7 Å². The third-order valence-corrected chi connectivity index (χ3v) is 5.27. The summed E-state index contributed by atoms with van der Waals surface area (Å²) in [4.78, 5) is 0. The van der Waals surface area contributed by atoms with Crippen LogP contribution in [0, 0.1) is 0 Å². The van der Waals surface area contributed by atoms with Crippen molar-refractivity contribution in [2.75, 3.05) is 7.05 Å². The van der Waals surface area contributed by atoms with Gasteiger partial charge in [0.2, 0.25) is 0 Å². The van der Waals surface area contributed by atoms with Crippen LogP contribution in [0.4, 0.5) is 0 Å². The smallest absolute Gasteiger partial charge is 0.0601 e. The first-order valence-electron chi connectivity index (χ1n) is 5.26. The lowest BCUT2D eigenvalue weighted by molar-refractivity contribution is 0.402. The van der Waals surface area contributed by atoms with Gasteiger partial charge < -0.3 is 5.32 Å². The molecule has 1 aromatic rings. The Morgan fingerprint density at radius 1 is 1.36 bits per heavy atom. The quantitative estimate of drug-likeness (QED) is 0.849. The Labute approximate surface area is 94.3 Å². The molecule has 1 aliphatic carbocycles. The lowest BCUT2D eigenvalue weighted by Crippen LogP contribution is -2.30. The molecule has 0 aromatic carbocycles. The van der Waals surface area contributed by atoms with Crippen LogP contribution in [0.5, 0.6) is 0 Å². The Morgan fingerprint density at radius 3 is 2.71 bits per heavy atom. The average molecular weight is 227 g/mol. The maximum Gasteiger partial charge on any atom is 0.0601 e. The molecule has 0 aliphatic heterocycles. The van der Waals surface area contributed by atoms with Gasteiger partial charge in [0.05, 0.1) is 4.21 Å². The van der Waals surface area contributed by atoms with Crippen LogP contribution >= 0.6 is 23.1 Å². The SMILES string of the molecule is CNC1CCC(Sc2cccs2)CC1. The van der Waals surface area contributed by atoms with Crippen molar-refractivity contribution in [3.05, 3.63) is 17.5 Å². The van der Waals surface area contributed by atoms with E-state index in [0.717, 1.165) is 11.3 Å². The van der Waals surface area contributed by atoms with Crippen molar-refractivity contribution >= 4 is 23.1 Å². The third-order valence-electron chi connectivity index (χ3n) is 2.86. The van der Waals surface area contributed by atoms with Gasteiger partial charge in [0.15, 0.2) is 0 Å². The molecule has 1 aromatic heterocycles. The Hall–Kier alpha value is 0.01000. The highest BCUT2D eigenvalue weighted by Crippen LogP contribution is 2.35. The molecular formula is C11H17NS2. The molecule has 1 N–H and O–H groups in total. The van der Waals surface area contributed by atoms with Gasteiger partial charge >= 0.3 is 0 Å². The normalized spacial score (nSPS) is 27.8. The van der Waals surface area contributed by atoms with E-state index < -0.39 is 0 Å². The lowest BCUT2D eigenvalue weighted by Gasteiger charge is -2.27. The molecular weight excluding hydrogens is 210 g/mol. The minimum atomic E-state index is 0.773. The highest BCUT2D eigenvalue weighted by molar-refractivity contribution is 8.01. The van der Waals surface area contributed by atoms with Gasteiger partial charge in [-0.1, -0.05) is 6.07 Å². The van der Waals surface area contributed by atoms with Crippen LogP contribution in [0.2, 0.25) is 0 Å². The fourth-order valence-corrected chi connectivity index (χ4v) is 4.20. The van der Waals surface area contributed by atoms with Gasteiger partial charge in [0.25, 0.3) is 0 Å². The van der Waals surface area contributed by atoms with Crippen molar-refractivity contribution in [2.45, 2.75) is 41.2 Å². The summed E-state index contributed by atoms with van der Waals surface area (Å²) in [5.41, 5.74) is 0. The van der Waals surface area contributed by atoms with Crippen molar-refractivity contribution in [2.24, 2.45) is 0 Å². The molecule has 0 amide bonds. The van der Waals surface area contributed by atoms with Gasteiger partial charge in [0, 0.05) is 11.3 Å². The number of nitrogens with one attached hydrogen (secondary N) is 1. The van der Waals surface area contributed by atoms with Crippen molar-refractivity contribution in [1.29, 1.82) is 0 Å². The summed E-state index contributed by atoms with van der Waals surface area (Å²) < 4.78 is 1.48. The predicted octanol–water partition coefficient (Wildman–Crippen LogP) is 3.37. The summed E-state index contributed by atoms with van der Waals surface area (Å²) in [6.45, 7) is 0. The van der Waals surface area contributed by atoms with Crippen molar-refractivity contribution in [3.8, 4) is 0 Å². The molecule has 0 bridgehead atoms. The molecule has 2 rings (SSSR count). The van der Waals surface area contributed by atoms with Crippen LogP contribution in [0.3, 0.4) is 0 Å². The molecule has 1 aliphatic rings. The summed E-state index contributed by atoms with van der Waals surface area (Å²) >= 11 is 3.94. The Bertz CT molecular complexity index is 250. The van der Waals surface area contributed by atoms with E-state index in [1.54, 1.807) is 0 Å². The number of thioether (sulfide) groups is 1. The van der Waals surface area contributed by atoms with E-state index in [-0.39, 0.29) is 0 Å². The van der Waals surface area contributed by atoms with Crippen LogP contribution in [0.25, 0.3) is 0 Å². The van der Waals surface area contributed by atoms with E-state index in [1.807, 2.05) is 11.3 Å². The summed E-state index contributed by atoms with van der Waals surface area (Å²) in [7, 11) is 2.08. The maximum atomic E-state index is 3.38. The second kappa shape index (κ2) is 5.19. The van der Waals surface area contributed by atoms with E-state index in [1.165, 1.54) is 29.9 Å². The van der Waals surface area contributed by atoms with Gasteiger partial charge in [0.1, 0.15) is 0 Å². The highest BCUT2D eigenvalue weighted by atomic mass is 32.2. The number of hydrogen-bond acceptors (Lipinski definition) is 3. The van der Waals surface area contributed by atoms with Gasteiger partial charge in [-0.15, -0.1) is 23.1 Å². The molecule has 1 saturated carbocycles. The molecule has 3 heteroatoms. The summed E-state index contributed by atoms with van der Waals surface area (Å²) in [5.74, 6) is 0. The van der Waals surface area contributed by atoms with Crippen LogP contribution in [-0.2, 0) is 0 Å². The topological polar surface area (TPSA) is 12.0 Å². The fraction of sp³-hybridized carbons (Fsp3) is 0.636. The zero-order valence-electron chi connectivity index (χ0n) is 8.53. The van der Waals surface area contributed by atoms with Gasteiger partial charge in [-0.3, -0.25) is 0 Å². The second-order valence-electron chi connectivity index (χ2n) is 3.81. The summed E-state index contributed by atoms with van der Waals surface area (Å²) in [6, 6.07) is 5.15. The van der Waals surface area contributed by atoms with Crippen molar-refractivity contribution in [3.63, 3.8) is 0 Å². The first kappa shape index (κ1) is 10.5. The van der Waals surface area contributed by atoms with Crippen molar-refractivity contribution in [1.82, 2.24) is 5.32 Å². The average Bonchev–Trinajstić information content (AvgIpc) is 2.72. The molecule has 1 fully saturated rings. The standard InChI is InChI=1S/C11H17NS2/c1-12-9-4-6-10(7-5-9)14-11-3-2-8-13-11/h2-3,8-10,12H,4-7H2,1H3. The van der Waals surface area contributed by atoms with E-state index in [0.29, 0.717) is 0 Å². The lowest BCUT2D eigenvalue weighted by atomic mass is 9.95. The maximum absolute atomic E-state index is 3.38. The Morgan fingerprint density at radius 2 is 2.14 bits per heavy atom. The molecule has 0 spiro atoms. The minimum absolute atomic E-state index is 0.773. The third kappa shape index (κ3) is 2.75. The zero-order valence-corrected chi connectivity index (χ0v) is 10.2. The van der Waals surface area contributed by atoms with Crippen molar-refractivity contribution < 1.29 is 0 Å². The molecule has 0 unspecified atom stereocenters. The van der Waals surface area contributed by atoms with Crippen LogP contribution in [-0.4, -0.2) is 18.3 Å². The van der Waals surface area contributed by atoms with Crippen LogP contribution < -0.4 is 5.32 Å². The molecule has 0 atom stereocenters. The first-order chi connectivity index (χ1) is 6.88. The molecule has 1 nitrogen and oxygen atoms in total. The summed E-state index contributed by atoms with van der Waals surface area (Å²) in [6.07, 6.45) is 5.43. The zero-order chi connectivity index (χ0) is 9.80. The highest BCUT2D eigenvalue weighted by Gasteiger charge is 2.20. The number of thiophene rings is 1. The minimum Gasteiger partial charge on any atom is -0.317 e. The van der Waals surface area contributed by atoms with Gasteiger partial charge in [-0.05, 0) is 44.2 Å². The largest absolute Gasteiger partial charge is 0.317 e. The predicted molar refractivity (Wildman–Crippen MR) is 65.3 cm³/mol.